The second-order valence-corrected chi connectivity index (χ2v) is 6.04. The molecule has 1 heterocycles. The van der Waals surface area contributed by atoms with Gasteiger partial charge >= 0.3 is 12.0 Å². The summed E-state index contributed by atoms with van der Waals surface area (Å²) in [5.41, 5.74) is 1.40. The smallest absolute Gasteiger partial charge is 0.322 e. The summed E-state index contributed by atoms with van der Waals surface area (Å²) in [6.07, 6.45) is 0.892. The molecule has 114 valence electrons. The van der Waals surface area contributed by atoms with E-state index in [0.717, 1.165) is 6.42 Å². The molecule has 1 aromatic carbocycles. The van der Waals surface area contributed by atoms with E-state index in [1.165, 1.54) is 4.90 Å². The van der Waals surface area contributed by atoms with Crippen LogP contribution in [0.4, 0.5) is 10.5 Å². The van der Waals surface area contributed by atoms with Crippen molar-refractivity contribution in [1.82, 2.24) is 5.32 Å². The number of hydrogen-bond donors (Lipinski definition) is 2. The quantitative estimate of drug-likeness (QED) is 0.896. The summed E-state index contributed by atoms with van der Waals surface area (Å²) in [5, 5.41) is 12.2. The number of aliphatic carboxylic acids is 1. The number of anilines is 1. The van der Waals surface area contributed by atoms with Gasteiger partial charge in [-0.3, -0.25) is 9.69 Å². The van der Waals surface area contributed by atoms with Crippen LogP contribution in [0, 0.1) is 5.92 Å². The zero-order valence-electron chi connectivity index (χ0n) is 12.7. The highest BCUT2D eigenvalue weighted by molar-refractivity contribution is 5.98. The van der Waals surface area contributed by atoms with E-state index < -0.39 is 11.9 Å². The van der Waals surface area contributed by atoms with E-state index in [0.29, 0.717) is 17.2 Å². The first-order valence-corrected chi connectivity index (χ1v) is 7.30. The summed E-state index contributed by atoms with van der Waals surface area (Å²) in [4.78, 5) is 25.3. The minimum atomic E-state index is -0.895. The van der Waals surface area contributed by atoms with Crippen LogP contribution in [0.3, 0.4) is 0 Å². The van der Waals surface area contributed by atoms with Gasteiger partial charge in [0.15, 0.2) is 0 Å². The zero-order chi connectivity index (χ0) is 15.6. The molecule has 0 radical (unpaired) electrons. The number of benzene rings is 1. The summed E-state index contributed by atoms with van der Waals surface area (Å²) >= 11 is 0. The van der Waals surface area contributed by atoms with Crippen molar-refractivity contribution < 1.29 is 14.7 Å². The number of carbonyl (C=O) groups is 2. The lowest BCUT2D eigenvalue weighted by Crippen LogP contribution is -2.44. The Hall–Kier alpha value is -2.04. The Morgan fingerprint density at radius 1 is 1.33 bits per heavy atom. The van der Waals surface area contributed by atoms with Gasteiger partial charge in [-0.25, -0.2) is 4.79 Å². The molecule has 2 unspecified atom stereocenters. The molecule has 5 heteroatoms. The second-order valence-electron chi connectivity index (χ2n) is 6.04. The maximum absolute atomic E-state index is 12.4. The average Bonchev–Trinajstić information content (AvgIpc) is 2.77. The van der Waals surface area contributed by atoms with Gasteiger partial charge in [-0.1, -0.05) is 32.0 Å². The molecule has 0 saturated heterocycles. The van der Waals surface area contributed by atoms with Gasteiger partial charge in [0, 0.05) is 18.3 Å². The third-order valence-corrected chi connectivity index (χ3v) is 3.71. The summed E-state index contributed by atoms with van der Waals surface area (Å²) in [6.45, 7) is 6.37. The van der Waals surface area contributed by atoms with E-state index in [4.69, 9.17) is 0 Å². The molecule has 1 aliphatic heterocycles. The highest BCUT2D eigenvalue weighted by atomic mass is 16.4. The lowest BCUT2D eigenvalue weighted by atomic mass is 10.0. The monoisotopic (exact) mass is 290 g/mol. The highest BCUT2D eigenvalue weighted by Gasteiger charge is 2.36. The van der Waals surface area contributed by atoms with Gasteiger partial charge in [0.25, 0.3) is 0 Å². The molecule has 5 nitrogen and oxygen atoms in total. The fraction of sp³-hybridized carbons (Fsp3) is 0.500. The van der Waals surface area contributed by atoms with Gasteiger partial charge in [0.1, 0.15) is 5.92 Å². The van der Waals surface area contributed by atoms with Gasteiger partial charge in [0.05, 0.1) is 0 Å². The number of nitrogens with one attached hydrogen (secondary N) is 1. The predicted octanol–water partition coefficient (Wildman–Crippen LogP) is 2.82. The molecule has 2 amide bonds. The largest absolute Gasteiger partial charge is 0.481 e. The minimum Gasteiger partial charge on any atom is -0.481 e. The molecule has 1 aromatic rings. The molecule has 0 spiro atoms. The highest BCUT2D eigenvalue weighted by Crippen LogP contribution is 2.36. The molecule has 2 atom stereocenters. The molecular formula is C16H22N2O3. The maximum Gasteiger partial charge on any atom is 0.322 e. The lowest BCUT2D eigenvalue weighted by molar-refractivity contribution is -0.138. The van der Waals surface area contributed by atoms with Crippen LogP contribution in [-0.4, -0.2) is 29.7 Å². The van der Waals surface area contributed by atoms with Crippen molar-refractivity contribution in [3.63, 3.8) is 0 Å². The van der Waals surface area contributed by atoms with E-state index in [-0.39, 0.29) is 18.6 Å². The van der Waals surface area contributed by atoms with Crippen molar-refractivity contribution in [3.8, 4) is 0 Å². The van der Waals surface area contributed by atoms with Gasteiger partial charge in [-0.05, 0) is 30.9 Å². The van der Waals surface area contributed by atoms with E-state index in [1.807, 2.05) is 13.0 Å². The molecule has 0 saturated carbocycles. The molecule has 2 rings (SSSR count). The van der Waals surface area contributed by atoms with Crippen LogP contribution < -0.4 is 10.2 Å². The van der Waals surface area contributed by atoms with Crippen molar-refractivity contribution in [2.45, 2.75) is 39.2 Å². The SMILES string of the molecule is CC(C)CC(C)NC(=O)N1CC(C(=O)O)c2ccccc21. The van der Waals surface area contributed by atoms with Crippen molar-refractivity contribution >= 4 is 17.7 Å². The summed E-state index contributed by atoms with van der Waals surface area (Å²) in [5.74, 6) is -1.04. The fourth-order valence-corrected chi connectivity index (χ4v) is 2.87. The van der Waals surface area contributed by atoms with Gasteiger partial charge < -0.3 is 10.4 Å². The van der Waals surface area contributed by atoms with Crippen LogP contribution in [0.1, 0.15) is 38.7 Å². The van der Waals surface area contributed by atoms with E-state index >= 15 is 0 Å². The molecule has 0 aromatic heterocycles. The van der Waals surface area contributed by atoms with Crippen LogP contribution in [0.15, 0.2) is 24.3 Å². The molecule has 0 aliphatic carbocycles. The molecule has 21 heavy (non-hydrogen) atoms. The van der Waals surface area contributed by atoms with Crippen LogP contribution >= 0.6 is 0 Å². The van der Waals surface area contributed by atoms with Crippen molar-refractivity contribution in [3.05, 3.63) is 29.8 Å². The maximum atomic E-state index is 12.4. The van der Waals surface area contributed by atoms with Crippen LogP contribution in [0.2, 0.25) is 0 Å². The van der Waals surface area contributed by atoms with Crippen LogP contribution in [0.5, 0.6) is 0 Å². The summed E-state index contributed by atoms with van der Waals surface area (Å²) in [7, 11) is 0. The standard InChI is InChI=1S/C16H22N2O3/c1-10(2)8-11(3)17-16(21)18-9-13(15(19)20)12-6-4-5-7-14(12)18/h4-7,10-11,13H,8-9H2,1-3H3,(H,17,21)(H,19,20). The molecule has 0 bridgehead atoms. The number of hydrogen-bond acceptors (Lipinski definition) is 2. The number of amides is 2. The van der Waals surface area contributed by atoms with E-state index in [2.05, 4.69) is 19.2 Å². The first-order chi connectivity index (χ1) is 9.90. The Morgan fingerprint density at radius 3 is 2.62 bits per heavy atom. The molecule has 0 fully saturated rings. The van der Waals surface area contributed by atoms with Crippen molar-refractivity contribution in [2.75, 3.05) is 11.4 Å². The van der Waals surface area contributed by atoms with Crippen molar-refractivity contribution in [1.29, 1.82) is 0 Å². The zero-order valence-corrected chi connectivity index (χ0v) is 12.7. The number of fused-ring (bicyclic) bond motifs is 1. The van der Waals surface area contributed by atoms with Gasteiger partial charge in [-0.2, -0.15) is 0 Å². The summed E-state index contributed by atoms with van der Waals surface area (Å²) in [6, 6.07) is 7.04. The lowest BCUT2D eigenvalue weighted by Gasteiger charge is -2.22. The molecule has 1 aliphatic rings. The number of carbonyl (C=O) groups excluding carboxylic acids is 1. The average molecular weight is 290 g/mol. The third-order valence-electron chi connectivity index (χ3n) is 3.71. The van der Waals surface area contributed by atoms with E-state index in [1.54, 1.807) is 18.2 Å². The second kappa shape index (κ2) is 6.16. The Labute approximate surface area is 125 Å². The molecular weight excluding hydrogens is 268 g/mol. The number of carboxylic acids is 1. The number of carboxylic acid groups (broad SMARTS) is 1. The minimum absolute atomic E-state index is 0.0635. The summed E-state index contributed by atoms with van der Waals surface area (Å²) < 4.78 is 0. The topological polar surface area (TPSA) is 69.6 Å². The van der Waals surface area contributed by atoms with Gasteiger partial charge in [0.2, 0.25) is 0 Å². The fourth-order valence-electron chi connectivity index (χ4n) is 2.87. The van der Waals surface area contributed by atoms with Crippen molar-refractivity contribution in [2.24, 2.45) is 5.92 Å². The number of rotatable bonds is 4. The number of urea groups is 1. The Bertz CT molecular complexity index is 542. The normalized spacial score (nSPS) is 18.5. The van der Waals surface area contributed by atoms with Crippen LogP contribution in [-0.2, 0) is 4.79 Å². The predicted molar refractivity (Wildman–Crippen MR) is 81.6 cm³/mol. The Balaban J connectivity index is 2.14. The van der Waals surface area contributed by atoms with Crippen LogP contribution in [0.25, 0.3) is 0 Å². The Kier molecular flexibility index (Phi) is 4.50. The first kappa shape index (κ1) is 15.4. The Morgan fingerprint density at radius 2 is 2.00 bits per heavy atom. The van der Waals surface area contributed by atoms with E-state index in [9.17, 15) is 14.7 Å². The first-order valence-electron chi connectivity index (χ1n) is 7.30. The number of para-hydroxylation sites is 1. The van der Waals surface area contributed by atoms with Gasteiger partial charge in [-0.15, -0.1) is 0 Å². The third kappa shape index (κ3) is 3.35. The molecule has 2 N–H and O–H groups in total. The number of nitrogens with zero attached hydrogens (tertiary/aromatic N) is 1.